The average molecular weight is 220 g/mol. The third-order valence-corrected chi connectivity index (χ3v) is 2.87. The van der Waals surface area contributed by atoms with Crippen molar-refractivity contribution in [2.24, 2.45) is 0 Å². The summed E-state index contributed by atoms with van der Waals surface area (Å²) in [5.74, 6) is 0.0782. The number of anilines is 1. The normalized spacial score (nSPS) is 10.8. The Morgan fingerprint density at radius 1 is 1.31 bits per heavy atom. The first-order chi connectivity index (χ1) is 7.60. The van der Waals surface area contributed by atoms with E-state index in [1.54, 1.807) is 6.92 Å². The summed E-state index contributed by atoms with van der Waals surface area (Å²) in [5, 5.41) is 0. The maximum atomic E-state index is 11.5. The smallest absolute Gasteiger partial charge is 0.160 e. The van der Waals surface area contributed by atoms with Crippen molar-refractivity contribution in [3.05, 3.63) is 29.3 Å². The summed E-state index contributed by atoms with van der Waals surface area (Å²) in [6.45, 7) is 8.46. The largest absolute Gasteiger partial charge is 0.398 e. The number of rotatable bonds is 5. The third kappa shape index (κ3) is 2.83. The highest BCUT2D eigenvalue weighted by Gasteiger charge is 2.12. The second-order valence-corrected chi connectivity index (χ2v) is 3.89. The van der Waals surface area contributed by atoms with Crippen LogP contribution in [0.4, 0.5) is 5.69 Å². The zero-order chi connectivity index (χ0) is 12.1. The highest BCUT2D eigenvalue weighted by Crippen LogP contribution is 2.19. The van der Waals surface area contributed by atoms with Crippen LogP contribution in [-0.2, 0) is 6.54 Å². The van der Waals surface area contributed by atoms with Crippen LogP contribution in [0.25, 0.3) is 0 Å². The molecule has 0 radical (unpaired) electrons. The van der Waals surface area contributed by atoms with Gasteiger partial charge in [-0.3, -0.25) is 9.69 Å². The van der Waals surface area contributed by atoms with Crippen LogP contribution >= 0.6 is 0 Å². The molecule has 1 aromatic carbocycles. The molecule has 0 aliphatic heterocycles. The Hall–Kier alpha value is -1.35. The van der Waals surface area contributed by atoms with Crippen LogP contribution in [0.2, 0.25) is 0 Å². The Labute approximate surface area is 97.2 Å². The summed E-state index contributed by atoms with van der Waals surface area (Å²) in [4.78, 5) is 13.8. The minimum Gasteiger partial charge on any atom is -0.398 e. The number of carbonyl (C=O) groups excluding carboxylic acids is 1. The molecule has 0 fully saturated rings. The molecule has 0 saturated heterocycles. The van der Waals surface area contributed by atoms with Gasteiger partial charge in [0.15, 0.2) is 5.78 Å². The Balaban J connectivity index is 3.05. The van der Waals surface area contributed by atoms with E-state index in [4.69, 9.17) is 5.73 Å². The maximum absolute atomic E-state index is 11.5. The second-order valence-electron chi connectivity index (χ2n) is 3.89. The van der Waals surface area contributed by atoms with Gasteiger partial charge in [0.2, 0.25) is 0 Å². The van der Waals surface area contributed by atoms with E-state index >= 15 is 0 Å². The highest BCUT2D eigenvalue weighted by molar-refractivity contribution is 5.96. The summed E-state index contributed by atoms with van der Waals surface area (Å²) in [6, 6.07) is 5.53. The molecule has 88 valence electrons. The van der Waals surface area contributed by atoms with E-state index in [1.807, 2.05) is 18.2 Å². The molecule has 0 spiro atoms. The molecular weight excluding hydrogens is 200 g/mol. The zero-order valence-electron chi connectivity index (χ0n) is 10.3. The number of hydrogen-bond acceptors (Lipinski definition) is 3. The molecular formula is C13H20N2O. The lowest BCUT2D eigenvalue weighted by atomic mass is 10.0. The quantitative estimate of drug-likeness (QED) is 0.612. The van der Waals surface area contributed by atoms with Crippen LogP contribution in [0.15, 0.2) is 18.2 Å². The maximum Gasteiger partial charge on any atom is 0.160 e. The van der Waals surface area contributed by atoms with Gasteiger partial charge in [-0.2, -0.15) is 0 Å². The van der Waals surface area contributed by atoms with Gasteiger partial charge in [-0.25, -0.2) is 0 Å². The summed E-state index contributed by atoms with van der Waals surface area (Å²) in [7, 11) is 0. The number of benzene rings is 1. The van der Waals surface area contributed by atoms with Crippen molar-refractivity contribution in [3.8, 4) is 0 Å². The van der Waals surface area contributed by atoms with Gasteiger partial charge >= 0.3 is 0 Å². The predicted molar refractivity (Wildman–Crippen MR) is 67.5 cm³/mol. The number of nitrogens with zero attached hydrogens (tertiary/aromatic N) is 1. The van der Waals surface area contributed by atoms with E-state index < -0.39 is 0 Å². The van der Waals surface area contributed by atoms with Crippen molar-refractivity contribution in [2.75, 3.05) is 18.8 Å². The Morgan fingerprint density at radius 2 is 1.94 bits per heavy atom. The number of ketones is 1. The lowest BCUT2D eigenvalue weighted by molar-refractivity contribution is 0.101. The molecule has 3 nitrogen and oxygen atoms in total. The summed E-state index contributed by atoms with van der Waals surface area (Å²) in [6.07, 6.45) is 0. The fourth-order valence-electron chi connectivity index (χ4n) is 1.78. The van der Waals surface area contributed by atoms with Gasteiger partial charge in [0.25, 0.3) is 0 Å². The van der Waals surface area contributed by atoms with Crippen LogP contribution in [0.5, 0.6) is 0 Å². The number of nitrogens with two attached hydrogens (primary N) is 1. The molecule has 16 heavy (non-hydrogen) atoms. The van der Waals surface area contributed by atoms with Crippen LogP contribution in [0, 0.1) is 0 Å². The third-order valence-electron chi connectivity index (χ3n) is 2.87. The van der Waals surface area contributed by atoms with Crippen LogP contribution < -0.4 is 5.73 Å². The van der Waals surface area contributed by atoms with Crippen LogP contribution in [-0.4, -0.2) is 23.8 Å². The van der Waals surface area contributed by atoms with Gasteiger partial charge in [-0.15, -0.1) is 0 Å². The highest BCUT2D eigenvalue weighted by atomic mass is 16.1. The molecule has 1 rings (SSSR count). The molecule has 0 amide bonds. The van der Waals surface area contributed by atoms with E-state index in [9.17, 15) is 4.79 Å². The fourth-order valence-corrected chi connectivity index (χ4v) is 1.78. The van der Waals surface area contributed by atoms with Crippen molar-refractivity contribution >= 4 is 11.5 Å². The molecule has 0 aliphatic rings. The Morgan fingerprint density at radius 3 is 2.44 bits per heavy atom. The summed E-state index contributed by atoms with van der Waals surface area (Å²) in [5.41, 5.74) is 8.35. The second kappa shape index (κ2) is 5.66. The Bertz CT molecular complexity index is 370. The first kappa shape index (κ1) is 12.7. The lowest BCUT2D eigenvalue weighted by Gasteiger charge is -2.20. The van der Waals surface area contributed by atoms with Gasteiger partial charge in [-0.1, -0.05) is 26.0 Å². The van der Waals surface area contributed by atoms with Gasteiger partial charge in [0.05, 0.1) is 0 Å². The summed E-state index contributed by atoms with van der Waals surface area (Å²) < 4.78 is 0. The van der Waals surface area contributed by atoms with Crippen molar-refractivity contribution in [1.82, 2.24) is 4.90 Å². The number of Topliss-reactive ketones (excluding diaryl/α,β-unsaturated/α-hetero) is 1. The fraction of sp³-hybridized carbons (Fsp3) is 0.462. The molecule has 0 heterocycles. The molecule has 0 aliphatic carbocycles. The summed E-state index contributed by atoms with van der Waals surface area (Å²) >= 11 is 0. The average Bonchev–Trinajstić information content (AvgIpc) is 2.27. The van der Waals surface area contributed by atoms with E-state index in [1.165, 1.54) is 0 Å². The van der Waals surface area contributed by atoms with Crippen LogP contribution in [0.3, 0.4) is 0 Å². The molecule has 3 heteroatoms. The van der Waals surface area contributed by atoms with Crippen molar-refractivity contribution in [3.63, 3.8) is 0 Å². The number of nitrogen functional groups attached to an aromatic ring is 1. The standard InChI is InChI=1S/C13H20N2O/c1-4-15(5-2)9-12-11(10(3)16)7-6-8-13(12)14/h6-8H,4-5,9,14H2,1-3H3. The topological polar surface area (TPSA) is 46.3 Å². The molecule has 0 saturated carbocycles. The molecule has 0 unspecified atom stereocenters. The zero-order valence-corrected chi connectivity index (χ0v) is 10.3. The minimum absolute atomic E-state index is 0.0782. The first-order valence-electron chi connectivity index (χ1n) is 5.70. The minimum atomic E-state index is 0.0782. The monoisotopic (exact) mass is 220 g/mol. The molecule has 0 atom stereocenters. The van der Waals surface area contributed by atoms with Gasteiger partial charge in [0, 0.05) is 17.8 Å². The van der Waals surface area contributed by atoms with Gasteiger partial charge in [0.1, 0.15) is 0 Å². The van der Waals surface area contributed by atoms with Crippen molar-refractivity contribution in [1.29, 1.82) is 0 Å². The van der Waals surface area contributed by atoms with E-state index in [-0.39, 0.29) is 5.78 Å². The van der Waals surface area contributed by atoms with Crippen molar-refractivity contribution < 1.29 is 4.79 Å². The number of hydrogen-bond donors (Lipinski definition) is 1. The first-order valence-corrected chi connectivity index (χ1v) is 5.70. The molecule has 0 aromatic heterocycles. The lowest BCUT2D eigenvalue weighted by Crippen LogP contribution is -2.24. The van der Waals surface area contributed by atoms with Crippen LogP contribution in [0.1, 0.15) is 36.7 Å². The van der Waals surface area contributed by atoms with Gasteiger partial charge in [-0.05, 0) is 31.6 Å². The predicted octanol–water partition coefficient (Wildman–Crippen LogP) is 2.31. The number of carbonyl (C=O) groups is 1. The Kier molecular flexibility index (Phi) is 4.50. The van der Waals surface area contributed by atoms with Gasteiger partial charge < -0.3 is 5.73 Å². The SMILES string of the molecule is CCN(CC)Cc1c(N)cccc1C(C)=O. The molecule has 1 aromatic rings. The van der Waals surface area contributed by atoms with Crippen molar-refractivity contribution in [2.45, 2.75) is 27.3 Å². The van der Waals surface area contributed by atoms with E-state index in [2.05, 4.69) is 18.7 Å². The molecule has 0 bridgehead atoms. The van der Waals surface area contributed by atoms with E-state index in [0.29, 0.717) is 5.69 Å². The molecule has 2 N–H and O–H groups in total. The van der Waals surface area contributed by atoms with E-state index in [0.717, 1.165) is 30.8 Å².